The maximum Gasteiger partial charge on any atom is 0.147 e. The average Bonchev–Trinajstić information content (AvgIpc) is 3.47. The molecule has 0 saturated carbocycles. The number of H-pyrrole nitrogens is 1. The van der Waals surface area contributed by atoms with Crippen LogP contribution in [0.1, 0.15) is 26.5 Å². The van der Waals surface area contributed by atoms with Crippen LogP contribution >= 0.6 is 0 Å². The van der Waals surface area contributed by atoms with Gasteiger partial charge in [-0.25, -0.2) is 4.98 Å². The summed E-state index contributed by atoms with van der Waals surface area (Å²) in [7, 11) is 0. The molecule has 4 heterocycles. The summed E-state index contributed by atoms with van der Waals surface area (Å²) < 4.78 is 2.24. The summed E-state index contributed by atoms with van der Waals surface area (Å²) in [5.74, 6) is 1.03. The van der Waals surface area contributed by atoms with Crippen LogP contribution in [-0.4, -0.2) is 19.5 Å². The lowest BCUT2D eigenvalue weighted by Gasteiger charge is -2.16. The van der Waals surface area contributed by atoms with Gasteiger partial charge in [-0.2, -0.15) is 0 Å². The van der Waals surface area contributed by atoms with E-state index in [2.05, 4.69) is 108 Å². The Morgan fingerprint density at radius 3 is 2.26 bits per heavy atom. The van der Waals surface area contributed by atoms with Crippen molar-refractivity contribution in [3.05, 3.63) is 103 Å². The molecular weight excluding hydrogens is 416 g/mol. The second-order valence-corrected chi connectivity index (χ2v) is 9.72. The topological polar surface area (TPSA) is 46.5 Å². The van der Waals surface area contributed by atoms with E-state index in [4.69, 9.17) is 4.98 Å². The molecule has 6 aromatic rings. The van der Waals surface area contributed by atoms with Crippen molar-refractivity contribution in [2.24, 2.45) is 0 Å². The number of aromatic nitrogens is 4. The molecule has 166 valence electrons. The Morgan fingerprint density at radius 2 is 1.50 bits per heavy atom. The van der Waals surface area contributed by atoms with Gasteiger partial charge in [-0.15, -0.1) is 0 Å². The first-order valence-electron chi connectivity index (χ1n) is 11.6. The van der Waals surface area contributed by atoms with Gasteiger partial charge in [0.25, 0.3) is 0 Å². The monoisotopic (exact) mass is 442 g/mol. The van der Waals surface area contributed by atoms with Crippen LogP contribution in [0.15, 0.2) is 97.2 Å². The smallest absolute Gasteiger partial charge is 0.147 e. The van der Waals surface area contributed by atoms with Crippen molar-refractivity contribution in [2.75, 3.05) is 0 Å². The molecular formula is C30H26N4. The fraction of sp³-hybridized carbons (Fsp3) is 0.133. The number of para-hydroxylation sites is 1. The maximum atomic E-state index is 5.19. The van der Waals surface area contributed by atoms with Crippen LogP contribution in [0.5, 0.6) is 0 Å². The van der Waals surface area contributed by atoms with Gasteiger partial charge in [-0.3, -0.25) is 9.55 Å². The molecule has 0 aliphatic rings. The highest BCUT2D eigenvalue weighted by Crippen LogP contribution is 2.34. The fourth-order valence-corrected chi connectivity index (χ4v) is 4.57. The van der Waals surface area contributed by atoms with E-state index in [1.165, 1.54) is 11.1 Å². The van der Waals surface area contributed by atoms with Crippen LogP contribution in [0.4, 0.5) is 0 Å². The number of nitrogens with one attached hydrogen (secondary N) is 1. The summed E-state index contributed by atoms with van der Waals surface area (Å²) in [6, 6.07) is 31.6. The molecule has 34 heavy (non-hydrogen) atoms. The molecule has 4 heteroatoms. The number of hydrogen-bond donors (Lipinski definition) is 1. The predicted molar refractivity (Wildman–Crippen MR) is 140 cm³/mol. The molecule has 4 aromatic heterocycles. The van der Waals surface area contributed by atoms with Crippen LogP contribution < -0.4 is 0 Å². The highest BCUT2D eigenvalue weighted by molar-refractivity contribution is 6.08. The summed E-state index contributed by atoms with van der Waals surface area (Å²) in [6.45, 7) is 6.66. The lowest BCUT2D eigenvalue weighted by molar-refractivity contribution is 0.572. The van der Waals surface area contributed by atoms with Crippen LogP contribution in [0.25, 0.3) is 50.3 Å². The zero-order valence-electron chi connectivity index (χ0n) is 19.6. The SMILES string of the molecule is CC(C)(C)c1ccc(-n2c3ccccc3c3ccc(-c4cccc(-c5ccccn5)c4)nc32)[nH]1. The van der Waals surface area contributed by atoms with Crippen molar-refractivity contribution in [1.82, 2.24) is 19.5 Å². The second-order valence-electron chi connectivity index (χ2n) is 9.72. The molecule has 0 bridgehead atoms. The molecule has 0 fully saturated rings. The standard InChI is InChI=1S/C30H26N4/c1-30(2,3)27-16-17-28(33-27)34-26-13-5-4-11-22(26)23-14-15-25(32-29(23)34)21-10-8-9-20(19-21)24-12-6-7-18-31-24/h4-19,33H,1-3H3. The molecule has 0 spiro atoms. The first kappa shape index (κ1) is 20.4. The minimum absolute atomic E-state index is 0.0432. The van der Waals surface area contributed by atoms with E-state index in [9.17, 15) is 0 Å². The first-order valence-corrected chi connectivity index (χ1v) is 11.6. The molecule has 1 N–H and O–H groups in total. The number of nitrogens with zero attached hydrogens (tertiary/aromatic N) is 3. The molecule has 0 aliphatic heterocycles. The minimum atomic E-state index is 0.0432. The van der Waals surface area contributed by atoms with E-state index >= 15 is 0 Å². The van der Waals surface area contributed by atoms with E-state index in [0.29, 0.717) is 0 Å². The number of aromatic amines is 1. The summed E-state index contributed by atoms with van der Waals surface area (Å²) >= 11 is 0. The Balaban J connectivity index is 1.56. The molecule has 0 amide bonds. The van der Waals surface area contributed by atoms with Crippen LogP contribution in [-0.2, 0) is 5.41 Å². The Bertz CT molecular complexity index is 1630. The van der Waals surface area contributed by atoms with Gasteiger partial charge in [0.05, 0.1) is 16.9 Å². The van der Waals surface area contributed by atoms with Crippen LogP contribution in [0, 0.1) is 0 Å². The Kier molecular flexibility index (Phi) is 4.63. The van der Waals surface area contributed by atoms with E-state index < -0.39 is 0 Å². The van der Waals surface area contributed by atoms with Gasteiger partial charge in [0.1, 0.15) is 11.5 Å². The van der Waals surface area contributed by atoms with Gasteiger partial charge in [0.2, 0.25) is 0 Å². The Labute approximate surface area is 198 Å². The zero-order chi connectivity index (χ0) is 23.3. The number of hydrogen-bond acceptors (Lipinski definition) is 2. The molecule has 0 aliphatic carbocycles. The number of rotatable bonds is 3. The van der Waals surface area contributed by atoms with Crippen molar-refractivity contribution >= 4 is 21.9 Å². The normalized spacial score (nSPS) is 12.0. The van der Waals surface area contributed by atoms with Crippen molar-refractivity contribution in [3.63, 3.8) is 0 Å². The maximum absolute atomic E-state index is 5.19. The van der Waals surface area contributed by atoms with Crippen LogP contribution in [0.2, 0.25) is 0 Å². The van der Waals surface area contributed by atoms with Gasteiger partial charge in [-0.1, -0.05) is 63.2 Å². The summed E-state index contributed by atoms with van der Waals surface area (Å²) in [5.41, 5.74) is 7.39. The lowest BCUT2D eigenvalue weighted by atomic mass is 9.93. The summed E-state index contributed by atoms with van der Waals surface area (Å²) in [5, 5.41) is 2.35. The third-order valence-electron chi connectivity index (χ3n) is 6.36. The summed E-state index contributed by atoms with van der Waals surface area (Å²) in [6.07, 6.45) is 1.83. The first-order chi connectivity index (χ1) is 16.5. The Hall–Kier alpha value is -4.18. The molecule has 0 saturated heterocycles. The number of benzene rings is 2. The van der Waals surface area contributed by atoms with Crippen molar-refractivity contribution in [2.45, 2.75) is 26.2 Å². The van der Waals surface area contributed by atoms with Crippen molar-refractivity contribution in [1.29, 1.82) is 0 Å². The number of fused-ring (bicyclic) bond motifs is 3. The molecule has 4 nitrogen and oxygen atoms in total. The largest absolute Gasteiger partial charge is 0.344 e. The van der Waals surface area contributed by atoms with Crippen LogP contribution in [0.3, 0.4) is 0 Å². The van der Waals surface area contributed by atoms with Gasteiger partial charge < -0.3 is 4.98 Å². The number of pyridine rings is 2. The van der Waals surface area contributed by atoms with Gasteiger partial charge in [-0.05, 0) is 48.5 Å². The highest BCUT2D eigenvalue weighted by atomic mass is 15.1. The molecule has 0 atom stereocenters. The molecule has 2 aromatic carbocycles. The fourth-order valence-electron chi connectivity index (χ4n) is 4.57. The van der Waals surface area contributed by atoms with Gasteiger partial charge in [0, 0.05) is 39.2 Å². The third-order valence-corrected chi connectivity index (χ3v) is 6.36. The zero-order valence-corrected chi connectivity index (χ0v) is 19.6. The molecule has 0 radical (unpaired) electrons. The van der Waals surface area contributed by atoms with E-state index in [1.807, 2.05) is 24.4 Å². The quantitative estimate of drug-likeness (QED) is 0.308. The predicted octanol–water partition coefficient (Wildman–Crippen LogP) is 7.53. The lowest BCUT2D eigenvalue weighted by Crippen LogP contribution is -2.11. The average molecular weight is 443 g/mol. The summed E-state index contributed by atoms with van der Waals surface area (Å²) in [4.78, 5) is 13.3. The van der Waals surface area contributed by atoms with E-state index in [0.717, 1.165) is 44.9 Å². The van der Waals surface area contributed by atoms with E-state index in [-0.39, 0.29) is 5.41 Å². The minimum Gasteiger partial charge on any atom is -0.344 e. The highest BCUT2D eigenvalue weighted by Gasteiger charge is 2.19. The van der Waals surface area contributed by atoms with Crippen molar-refractivity contribution < 1.29 is 0 Å². The molecule has 6 rings (SSSR count). The van der Waals surface area contributed by atoms with Crippen molar-refractivity contribution in [3.8, 4) is 28.3 Å². The van der Waals surface area contributed by atoms with Gasteiger partial charge in [0.15, 0.2) is 0 Å². The van der Waals surface area contributed by atoms with E-state index in [1.54, 1.807) is 0 Å². The third kappa shape index (κ3) is 3.39. The molecule has 0 unspecified atom stereocenters. The Morgan fingerprint density at radius 1 is 0.706 bits per heavy atom. The van der Waals surface area contributed by atoms with Gasteiger partial charge >= 0.3 is 0 Å². The second kappa shape index (κ2) is 7.70.